The van der Waals surface area contributed by atoms with Crippen molar-refractivity contribution in [2.24, 2.45) is 0 Å². The highest BCUT2D eigenvalue weighted by Gasteiger charge is 2.43. The van der Waals surface area contributed by atoms with Gasteiger partial charge in [-0.1, -0.05) is 36.4 Å². The first-order valence-corrected chi connectivity index (χ1v) is 6.62. The molecular formula is C16H16N2O2. The van der Waals surface area contributed by atoms with Crippen LogP contribution in [0.25, 0.3) is 0 Å². The van der Waals surface area contributed by atoms with Gasteiger partial charge in [0, 0.05) is 28.7 Å². The number of nitrogens with one attached hydrogen (secondary N) is 2. The van der Waals surface area contributed by atoms with E-state index in [1.165, 1.54) is 0 Å². The molecule has 0 atom stereocenters. The Balaban J connectivity index is 2.27. The summed E-state index contributed by atoms with van der Waals surface area (Å²) in [5.74, 6) is -0.163. The third kappa shape index (κ3) is 1.55. The molecule has 0 radical (unpaired) electrons. The first kappa shape index (κ1) is 13.0. The van der Waals surface area contributed by atoms with E-state index >= 15 is 0 Å². The molecule has 20 heavy (non-hydrogen) atoms. The second-order valence-corrected chi connectivity index (χ2v) is 5.00. The van der Waals surface area contributed by atoms with Crippen molar-refractivity contribution in [2.45, 2.75) is 12.1 Å². The first-order chi connectivity index (χ1) is 9.64. The summed E-state index contributed by atoms with van der Waals surface area (Å²) >= 11 is 0. The van der Waals surface area contributed by atoms with Crippen molar-refractivity contribution in [3.63, 3.8) is 0 Å². The Bertz CT molecular complexity index is 667. The van der Waals surface area contributed by atoms with Crippen molar-refractivity contribution in [1.29, 1.82) is 0 Å². The lowest BCUT2D eigenvalue weighted by atomic mass is 9.75. The monoisotopic (exact) mass is 268 g/mol. The third-order valence-corrected chi connectivity index (χ3v) is 4.15. The zero-order valence-corrected chi connectivity index (χ0v) is 11.5. The van der Waals surface area contributed by atoms with Gasteiger partial charge in [0.05, 0.1) is 0 Å². The normalized spacial score (nSPS) is 19.9. The molecule has 3 rings (SSSR count). The second kappa shape index (κ2) is 4.51. The van der Waals surface area contributed by atoms with Crippen LogP contribution >= 0.6 is 0 Å². The van der Waals surface area contributed by atoms with Crippen molar-refractivity contribution >= 4 is 11.6 Å². The van der Waals surface area contributed by atoms with E-state index in [2.05, 4.69) is 10.6 Å². The summed E-state index contributed by atoms with van der Waals surface area (Å²) in [5, 5.41) is 6.31. The van der Waals surface area contributed by atoms with Gasteiger partial charge in [-0.25, -0.2) is 0 Å². The maximum absolute atomic E-state index is 12.8. The number of hydrogen-bond donors (Lipinski definition) is 2. The highest BCUT2D eigenvalue weighted by atomic mass is 16.1. The highest BCUT2D eigenvalue weighted by molar-refractivity contribution is 6.28. The number of Topliss-reactive ketones (excluding diaryl/α,β-unsaturated/α-hetero) is 2. The molecule has 0 unspecified atom stereocenters. The van der Waals surface area contributed by atoms with Gasteiger partial charge < -0.3 is 0 Å². The van der Waals surface area contributed by atoms with Crippen molar-refractivity contribution < 1.29 is 9.59 Å². The van der Waals surface area contributed by atoms with E-state index in [1.54, 1.807) is 44.4 Å². The molecule has 1 aromatic rings. The Kier molecular flexibility index (Phi) is 2.92. The molecule has 2 aliphatic rings. The fourth-order valence-corrected chi connectivity index (χ4v) is 3.01. The van der Waals surface area contributed by atoms with Gasteiger partial charge in [-0.3, -0.25) is 20.2 Å². The van der Waals surface area contributed by atoms with Crippen LogP contribution in [0.4, 0.5) is 0 Å². The minimum Gasteiger partial charge on any atom is -0.298 e. The number of carbonyl (C=O) groups is 2. The van der Waals surface area contributed by atoms with Crippen LogP contribution < -0.4 is 10.6 Å². The number of allylic oxidation sites excluding steroid dienone is 2. The van der Waals surface area contributed by atoms with E-state index in [0.717, 1.165) is 0 Å². The zero-order chi connectivity index (χ0) is 14.3. The molecule has 2 aliphatic carbocycles. The van der Waals surface area contributed by atoms with Crippen molar-refractivity contribution in [3.8, 4) is 0 Å². The van der Waals surface area contributed by atoms with Gasteiger partial charge >= 0.3 is 0 Å². The topological polar surface area (TPSA) is 58.2 Å². The lowest BCUT2D eigenvalue weighted by Crippen LogP contribution is -2.58. The molecule has 0 aliphatic heterocycles. The summed E-state index contributed by atoms with van der Waals surface area (Å²) in [6.45, 7) is 0. The number of rotatable bonds is 2. The van der Waals surface area contributed by atoms with Gasteiger partial charge in [0.25, 0.3) is 0 Å². The fourth-order valence-electron chi connectivity index (χ4n) is 3.01. The van der Waals surface area contributed by atoms with Gasteiger partial charge in [-0.05, 0) is 14.1 Å². The molecule has 0 spiro atoms. The Morgan fingerprint density at radius 2 is 1.60 bits per heavy atom. The SMILES string of the molecule is CNC1(NC)CC=CC2=C1C(=O)c1ccccc1C2=O. The maximum atomic E-state index is 12.8. The van der Waals surface area contributed by atoms with E-state index in [9.17, 15) is 9.59 Å². The molecule has 0 aromatic heterocycles. The summed E-state index contributed by atoms with van der Waals surface area (Å²) < 4.78 is 0. The zero-order valence-electron chi connectivity index (χ0n) is 11.5. The van der Waals surface area contributed by atoms with Gasteiger partial charge in [0.15, 0.2) is 11.6 Å². The van der Waals surface area contributed by atoms with Gasteiger partial charge in [0.1, 0.15) is 5.66 Å². The Morgan fingerprint density at radius 1 is 1.00 bits per heavy atom. The number of carbonyl (C=O) groups excluding carboxylic acids is 2. The van der Waals surface area contributed by atoms with Gasteiger partial charge in [-0.15, -0.1) is 0 Å². The minimum atomic E-state index is -0.676. The molecule has 0 amide bonds. The summed E-state index contributed by atoms with van der Waals surface area (Å²) in [4.78, 5) is 25.4. The summed E-state index contributed by atoms with van der Waals surface area (Å²) in [5.41, 5.74) is 1.31. The standard InChI is InChI=1S/C16H16N2O2/c1-17-16(18-2)9-5-8-12-13(16)15(20)11-7-4-3-6-10(11)14(12)19/h3-8,17-18H,9H2,1-2H3. The van der Waals surface area contributed by atoms with Crippen molar-refractivity contribution in [1.82, 2.24) is 10.6 Å². The molecular weight excluding hydrogens is 252 g/mol. The van der Waals surface area contributed by atoms with Gasteiger partial charge in [0.2, 0.25) is 0 Å². The van der Waals surface area contributed by atoms with E-state index in [4.69, 9.17) is 0 Å². The maximum Gasteiger partial charge on any atom is 0.194 e. The first-order valence-electron chi connectivity index (χ1n) is 6.62. The average Bonchev–Trinajstić information content (AvgIpc) is 2.51. The van der Waals surface area contributed by atoms with Crippen LogP contribution in [0.3, 0.4) is 0 Å². The van der Waals surface area contributed by atoms with Crippen LogP contribution in [0, 0.1) is 0 Å². The number of ketones is 2. The third-order valence-electron chi connectivity index (χ3n) is 4.15. The molecule has 0 saturated heterocycles. The Hall–Kier alpha value is -2.04. The molecule has 2 N–H and O–H groups in total. The largest absolute Gasteiger partial charge is 0.298 e. The van der Waals surface area contributed by atoms with E-state index in [1.807, 2.05) is 6.08 Å². The Labute approximate surface area is 117 Å². The van der Waals surface area contributed by atoms with Crippen LogP contribution in [0.5, 0.6) is 0 Å². The lowest BCUT2D eigenvalue weighted by Gasteiger charge is -2.39. The quantitative estimate of drug-likeness (QED) is 0.797. The Morgan fingerprint density at radius 3 is 2.20 bits per heavy atom. The molecule has 4 heteroatoms. The number of likely N-dealkylation sites (N-methyl/N-ethyl adjacent to an activating group) is 2. The van der Waals surface area contributed by atoms with Crippen LogP contribution in [0.15, 0.2) is 47.6 Å². The second-order valence-electron chi connectivity index (χ2n) is 5.00. The van der Waals surface area contributed by atoms with E-state index < -0.39 is 5.66 Å². The van der Waals surface area contributed by atoms with Gasteiger partial charge in [-0.2, -0.15) is 0 Å². The van der Waals surface area contributed by atoms with Crippen molar-refractivity contribution in [2.75, 3.05) is 14.1 Å². The number of benzene rings is 1. The summed E-state index contributed by atoms with van der Waals surface area (Å²) in [7, 11) is 3.58. The van der Waals surface area contributed by atoms with Crippen LogP contribution in [-0.4, -0.2) is 31.3 Å². The lowest BCUT2D eigenvalue weighted by molar-refractivity contribution is 0.0953. The average molecular weight is 268 g/mol. The molecule has 4 nitrogen and oxygen atoms in total. The summed E-state index contributed by atoms with van der Waals surface area (Å²) in [6.07, 6.45) is 4.31. The predicted molar refractivity (Wildman–Crippen MR) is 76.7 cm³/mol. The predicted octanol–water partition coefficient (Wildman–Crippen LogP) is 1.46. The molecule has 0 heterocycles. The smallest absolute Gasteiger partial charge is 0.194 e. The molecule has 0 fully saturated rings. The molecule has 102 valence electrons. The number of hydrogen-bond acceptors (Lipinski definition) is 4. The fraction of sp³-hybridized carbons (Fsp3) is 0.250. The molecule has 0 bridgehead atoms. The molecule has 1 aromatic carbocycles. The highest BCUT2D eigenvalue weighted by Crippen LogP contribution is 2.36. The van der Waals surface area contributed by atoms with Crippen LogP contribution in [-0.2, 0) is 0 Å². The van der Waals surface area contributed by atoms with Crippen LogP contribution in [0.1, 0.15) is 27.1 Å². The van der Waals surface area contributed by atoms with E-state index in [0.29, 0.717) is 28.7 Å². The minimum absolute atomic E-state index is 0.0803. The number of fused-ring (bicyclic) bond motifs is 1. The van der Waals surface area contributed by atoms with Crippen molar-refractivity contribution in [3.05, 3.63) is 58.7 Å². The summed E-state index contributed by atoms with van der Waals surface area (Å²) in [6, 6.07) is 7.00. The molecule has 0 saturated carbocycles. The van der Waals surface area contributed by atoms with Crippen LogP contribution in [0.2, 0.25) is 0 Å². The van der Waals surface area contributed by atoms with E-state index in [-0.39, 0.29) is 11.6 Å².